The van der Waals surface area contributed by atoms with Crippen LogP contribution in [0.2, 0.25) is 0 Å². The second kappa shape index (κ2) is 7.88. The van der Waals surface area contributed by atoms with Crippen molar-refractivity contribution in [2.24, 2.45) is 0 Å². The minimum absolute atomic E-state index is 0. The lowest BCUT2D eigenvalue weighted by Crippen LogP contribution is -2.51. The number of piperazine rings is 1. The number of thiophene rings is 1. The number of carbonyl (C=O) groups is 1. The standard InChI is InChI=1S/C14H22N2OS.ClH/c1-11-10-16(9-8-15-11)14(17)5-3-4-13-7-6-12(2)18-13;/h6-7,11,15H,3-5,8-10H2,1-2H3;1H. The van der Waals surface area contributed by atoms with E-state index in [9.17, 15) is 4.79 Å². The number of hydrogen-bond donors (Lipinski definition) is 1. The van der Waals surface area contributed by atoms with Crippen LogP contribution >= 0.6 is 23.7 Å². The van der Waals surface area contributed by atoms with Gasteiger partial charge in [0.15, 0.2) is 0 Å². The van der Waals surface area contributed by atoms with E-state index in [1.807, 2.05) is 16.2 Å². The zero-order valence-corrected chi connectivity index (χ0v) is 13.3. The minimum atomic E-state index is 0. The maximum Gasteiger partial charge on any atom is 0.222 e. The number of carbonyl (C=O) groups excluding carboxylic acids is 1. The topological polar surface area (TPSA) is 32.3 Å². The number of amides is 1. The first-order valence-corrected chi connectivity index (χ1v) is 7.53. The molecule has 1 saturated heterocycles. The van der Waals surface area contributed by atoms with Crippen LogP contribution in [0.1, 0.15) is 29.5 Å². The highest BCUT2D eigenvalue weighted by Gasteiger charge is 2.19. The summed E-state index contributed by atoms with van der Waals surface area (Å²) in [6, 6.07) is 4.76. The number of halogens is 1. The molecule has 0 aliphatic carbocycles. The molecule has 1 fully saturated rings. The van der Waals surface area contributed by atoms with Gasteiger partial charge >= 0.3 is 0 Å². The third kappa shape index (κ3) is 5.13. The van der Waals surface area contributed by atoms with Gasteiger partial charge in [0.05, 0.1) is 0 Å². The van der Waals surface area contributed by atoms with Crippen LogP contribution in [0, 0.1) is 6.92 Å². The second-order valence-electron chi connectivity index (χ2n) is 5.06. The van der Waals surface area contributed by atoms with Crippen molar-refractivity contribution in [1.82, 2.24) is 10.2 Å². The molecule has 0 saturated carbocycles. The van der Waals surface area contributed by atoms with Crippen LogP contribution < -0.4 is 5.32 Å². The maximum atomic E-state index is 12.0. The first kappa shape index (κ1) is 16.5. The molecular weight excluding hydrogens is 280 g/mol. The maximum absolute atomic E-state index is 12.0. The molecule has 0 aromatic carbocycles. The van der Waals surface area contributed by atoms with Crippen LogP contribution in [0.25, 0.3) is 0 Å². The molecule has 0 spiro atoms. The Hall–Kier alpha value is -0.580. The van der Waals surface area contributed by atoms with Gasteiger partial charge in [-0.1, -0.05) is 0 Å². The average molecular weight is 303 g/mol. The summed E-state index contributed by atoms with van der Waals surface area (Å²) in [6.07, 6.45) is 2.69. The normalized spacial score (nSPS) is 19.1. The molecule has 1 aromatic rings. The molecule has 5 heteroatoms. The predicted octanol–water partition coefficient (Wildman–Crippen LogP) is 2.62. The van der Waals surface area contributed by atoms with Gasteiger partial charge in [-0.15, -0.1) is 23.7 Å². The SMILES string of the molecule is Cc1ccc(CCCC(=O)N2CCNC(C)C2)s1.Cl. The Balaban J connectivity index is 0.00000180. The Morgan fingerprint density at radius 2 is 2.32 bits per heavy atom. The fourth-order valence-electron chi connectivity index (χ4n) is 2.35. The van der Waals surface area contributed by atoms with E-state index in [2.05, 4.69) is 31.3 Å². The average Bonchev–Trinajstić information content (AvgIpc) is 2.75. The third-order valence-corrected chi connectivity index (χ3v) is 4.39. The van der Waals surface area contributed by atoms with Crippen LogP contribution in [0.3, 0.4) is 0 Å². The number of aryl methyl sites for hydroxylation is 2. The lowest BCUT2D eigenvalue weighted by Gasteiger charge is -2.32. The summed E-state index contributed by atoms with van der Waals surface area (Å²) in [7, 11) is 0. The van der Waals surface area contributed by atoms with Crippen molar-refractivity contribution >= 4 is 29.7 Å². The quantitative estimate of drug-likeness (QED) is 0.927. The first-order valence-electron chi connectivity index (χ1n) is 6.71. The first-order chi connectivity index (χ1) is 8.65. The van der Waals surface area contributed by atoms with Crippen molar-refractivity contribution in [2.75, 3.05) is 19.6 Å². The molecule has 2 rings (SSSR count). The molecule has 1 atom stereocenters. The zero-order chi connectivity index (χ0) is 13.0. The van der Waals surface area contributed by atoms with E-state index in [1.165, 1.54) is 9.75 Å². The van der Waals surface area contributed by atoms with Crippen molar-refractivity contribution in [2.45, 2.75) is 39.2 Å². The zero-order valence-electron chi connectivity index (χ0n) is 11.6. The van der Waals surface area contributed by atoms with Crippen molar-refractivity contribution in [3.05, 3.63) is 21.9 Å². The summed E-state index contributed by atoms with van der Waals surface area (Å²) in [5, 5.41) is 3.36. The van der Waals surface area contributed by atoms with E-state index in [4.69, 9.17) is 0 Å². The summed E-state index contributed by atoms with van der Waals surface area (Å²) in [5.74, 6) is 0.316. The highest BCUT2D eigenvalue weighted by atomic mass is 35.5. The highest BCUT2D eigenvalue weighted by molar-refractivity contribution is 7.11. The lowest BCUT2D eigenvalue weighted by molar-refractivity contribution is -0.132. The Morgan fingerprint density at radius 3 is 2.95 bits per heavy atom. The van der Waals surface area contributed by atoms with Gasteiger partial charge in [0.1, 0.15) is 0 Å². The molecule has 1 unspecified atom stereocenters. The van der Waals surface area contributed by atoms with Crippen molar-refractivity contribution in [3.8, 4) is 0 Å². The van der Waals surface area contributed by atoms with Crippen molar-refractivity contribution in [1.29, 1.82) is 0 Å². The molecule has 0 bridgehead atoms. The van der Waals surface area contributed by atoms with E-state index in [1.54, 1.807) is 0 Å². The largest absolute Gasteiger partial charge is 0.340 e. The van der Waals surface area contributed by atoms with Gasteiger partial charge in [-0.2, -0.15) is 0 Å². The monoisotopic (exact) mass is 302 g/mol. The van der Waals surface area contributed by atoms with E-state index in [0.717, 1.165) is 32.5 Å². The highest BCUT2D eigenvalue weighted by Crippen LogP contribution is 2.17. The molecule has 1 N–H and O–H groups in total. The van der Waals surface area contributed by atoms with Crippen molar-refractivity contribution < 1.29 is 4.79 Å². The van der Waals surface area contributed by atoms with E-state index in [-0.39, 0.29) is 12.4 Å². The third-order valence-electron chi connectivity index (χ3n) is 3.33. The van der Waals surface area contributed by atoms with Gasteiger partial charge in [0.2, 0.25) is 5.91 Å². The molecular formula is C14H23ClN2OS. The van der Waals surface area contributed by atoms with Crippen LogP contribution in [-0.2, 0) is 11.2 Å². The van der Waals surface area contributed by atoms with Gasteiger partial charge in [-0.05, 0) is 38.8 Å². The van der Waals surface area contributed by atoms with Gasteiger partial charge < -0.3 is 10.2 Å². The number of nitrogens with one attached hydrogen (secondary N) is 1. The lowest BCUT2D eigenvalue weighted by atomic mass is 10.1. The molecule has 1 aromatic heterocycles. The summed E-state index contributed by atoms with van der Waals surface area (Å²) in [5.41, 5.74) is 0. The molecule has 3 nitrogen and oxygen atoms in total. The summed E-state index contributed by atoms with van der Waals surface area (Å²) >= 11 is 1.84. The van der Waals surface area contributed by atoms with Crippen LogP contribution in [0.5, 0.6) is 0 Å². The summed E-state index contributed by atoms with van der Waals surface area (Å²) < 4.78 is 0. The van der Waals surface area contributed by atoms with E-state index in [0.29, 0.717) is 18.4 Å². The smallest absolute Gasteiger partial charge is 0.222 e. The Kier molecular flexibility index (Phi) is 6.83. The van der Waals surface area contributed by atoms with Gasteiger partial charge in [0, 0.05) is 41.9 Å². The Bertz CT molecular complexity index is 408. The number of hydrogen-bond acceptors (Lipinski definition) is 3. The molecule has 1 aliphatic rings. The Labute approximate surface area is 125 Å². The van der Waals surface area contributed by atoms with Crippen LogP contribution in [-0.4, -0.2) is 36.5 Å². The fraction of sp³-hybridized carbons (Fsp3) is 0.643. The predicted molar refractivity (Wildman–Crippen MR) is 83.3 cm³/mol. The Morgan fingerprint density at radius 1 is 1.53 bits per heavy atom. The van der Waals surface area contributed by atoms with Gasteiger partial charge in [-0.25, -0.2) is 0 Å². The van der Waals surface area contributed by atoms with Gasteiger partial charge in [0.25, 0.3) is 0 Å². The van der Waals surface area contributed by atoms with E-state index >= 15 is 0 Å². The second-order valence-corrected chi connectivity index (χ2v) is 6.43. The minimum Gasteiger partial charge on any atom is -0.340 e. The fourth-order valence-corrected chi connectivity index (χ4v) is 3.28. The van der Waals surface area contributed by atoms with E-state index < -0.39 is 0 Å². The number of nitrogens with zero attached hydrogens (tertiary/aromatic N) is 1. The molecule has 19 heavy (non-hydrogen) atoms. The van der Waals surface area contributed by atoms with Crippen LogP contribution in [0.15, 0.2) is 12.1 Å². The van der Waals surface area contributed by atoms with Crippen molar-refractivity contribution in [3.63, 3.8) is 0 Å². The molecule has 1 aliphatic heterocycles. The molecule has 108 valence electrons. The van der Waals surface area contributed by atoms with Gasteiger partial charge in [-0.3, -0.25) is 4.79 Å². The molecule has 0 radical (unpaired) electrons. The number of rotatable bonds is 4. The molecule has 2 heterocycles. The summed E-state index contributed by atoms with van der Waals surface area (Å²) in [6.45, 7) is 6.91. The molecule has 1 amide bonds. The summed E-state index contributed by atoms with van der Waals surface area (Å²) in [4.78, 5) is 16.8. The van der Waals surface area contributed by atoms with Crippen LogP contribution in [0.4, 0.5) is 0 Å².